The van der Waals surface area contributed by atoms with Crippen LogP contribution in [-0.4, -0.2) is 50.3 Å². The van der Waals surface area contributed by atoms with E-state index in [1.165, 1.54) is 6.92 Å². The number of ether oxygens (including phenoxy) is 3. The third-order valence-electron chi connectivity index (χ3n) is 4.55. The monoisotopic (exact) mass is 384 g/mol. The summed E-state index contributed by atoms with van der Waals surface area (Å²) < 4.78 is 15.8. The summed E-state index contributed by atoms with van der Waals surface area (Å²) in [4.78, 5) is 26.0. The summed E-state index contributed by atoms with van der Waals surface area (Å²) in [5.41, 5.74) is 1.59. The minimum absolute atomic E-state index is 0.0276. The van der Waals surface area contributed by atoms with Gasteiger partial charge in [0.05, 0.1) is 7.11 Å². The lowest BCUT2D eigenvalue weighted by atomic mass is 10.1. The van der Waals surface area contributed by atoms with Crippen molar-refractivity contribution in [1.29, 1.82) is 0 Å². The number of benzene rings is 2. The van der Waals surface area contributed by atoms with Crippen molar-refractivity contribution >= 4 is 11.8 Å². The molecule has 2 aromatic carbocycles. The summed E-state index contributed by atoms with van der Waals surface area (Å²) in [7, 11) is 1.63. The molecule has 3 rings (SSSR count). The number of rotatable bonds is 8. The summed E-state index contributed by atoms with van der Waals surface area (Å²) in [6.45, 7) is 3.08. The zero-order valence-electron chi connectivity index (χ0n) is 16.1. The van der Waals surface area contributed by atoms with Gasteiger partial charge in [-0.05, 0) is 42.3 Å². The molecule has 0 aliphatic carbocycles. The molecule has 1 N–H and O–H groups in total. The van der Waals surface area contributed by atoms with E-state index in [0.717, 1.165) is 11.3 Å². The molecular weight excluding hydrogens is 360 g/mol. The lowest BCUT2D eigenvalue weighted by molar-refractivity contribution is -0.128. The predicted octanol–water partition coefficient (Wildman–Crippen LogP) is 2.24. The zero-order valence-corrected chi connectivity index (χ0v) is 16.1. The molecular formula is C21H24N2O5. The van der Waals surface area contributed by atoms with Gasteiger partial charge >= 0.3 is 0 Å². The fraction of sp³-hybridized carbons (Fsp3) is 0.333. The molecule has 0 atom stereocenters. The number of carbonyl (C=O) groups excluding carboxylic acids is 2. The van der Waals surface area contributed by atoms with Gasteiger partial charge in [-0.3, -0.25) is 9.59 Å². The van der Waals surface area contributed by atoms with Crippen LogP contribution in [-0.2, 0) is 11.2 Å². The number of nitrogens with one attached hydrogen (secondary N) is 1. The third kappa shape index (κ3) is 4.94. The Morgan fingerprint density at radius 2 is 1.93 bits per heavy atom. The van der Waals surface area contributed by atoms with Crippen LogP contribution >= 0.6 is 0 Å². The predicted molar refractivity (Wildman–Crippen MR) is 104 cm³/mol. The van der Waals surface area contributed by atoms with E-state index < -0.39 is 0 Å². The number of hydrogen-bond donors (Lipinski definition) is 1. The summed E-state index contributed by atoms with van der Waals surface area (Å²) in [6, 6.07) is 12.8. The van der Waals surface area contributed by atoms with Crippen LogP contribution in [0, 0.1) is 0 Å². The maximum absolute atomic E-state index is 12.3. The van der Waals surface area contributed by atoms with Gasteiger partial charge in [0.15, 0.2) is 11.5 Å². The van der Waals surface area contributed by atoms with Crippen LogP contribution < -0.4 is 19.5 Å². The normalized spacial score (nSPS) is 11.8. The molecule has 148 valence electrons. The summed E-state index contributed by atoms with van der Waals surface area (Å²) in [5.74, 6) is 1.76. The lowest BCUT2D eigenvalue weighted by Crippen LogP contribution is -2.38. The van der Waals surface area contributed by atoms with Crippen LogP contribution in [0.3, 0.4) is 0 Å². The molecule has 0 radical (unpaired) electrons. The molecule has 2 aromatic rings. The molecule has 0 unspecified atom stereocenters. The van der Waals surface area contributed by atoms with Crippen molar-refractivity contribution in [2.75, 3.05) is 33.5 Å². The lowest BCUT2D eigenvalue weighted by Gasteiger charge is -2.21. The van der Waals surface area contributed by atoms with Gasteiger partial charge in [-0.2, -0.15) is 0 Å². The average molecular weight is 384 g/mol. The standard InChI is InChI=1S/C21H24N2O5/c1-15(24)23(10-8-16-4-3-5-18(12-16)26-2)11-9-22-21(25)17-6-7-19-20(13-17)28-14-27-19/h3-7,12-13H,8-11,14H2,1-2H3,(H,22,25). The highest BCUT2D eigenvalue weighted by molar-refractivity contribution is 5.94. The largest absolute Gasteiger partial charge is 0.497 e. The first-order valence-electron chi connectivity index (χ1n) is 9.13. The molecule has 0 aromatic heterocycles. The fourth-order valence-electron chi connectivity index (χ4n) is 2.96. The van der Waals surface area contributed by atoms with Gasteiger partial charge < -0.3 is 24.4 Å². The number of methoxy groups -OCH3 is 1. The Bertz CT molecular complexity index is 852. The number of carbonyl (C=O) groups is 2. The van der Waals surface area contributed by atoms with E-state index in [9.17, 15) is 9.59 Å². The number of hydrogen-bond acceptors (Lipinski definition) is 5. The van der Waals surface area contributed by atoms with E-state index in [0.29, 0.717) is 43.1 Å². The second-order valence-electron chi connectivity index (χ2n) is 6.43. The molecule has 0 bridgehead atoms. The Hall–Kier alpha value is -3.22. The van der Waals surface area contributed by atoms with Gasteiger partial charge in [0.25, 0.3) is 5.91 Å². The van der Waals surface area contributed by atoms with Crippen LogP contribution in [0.1, 0.15) is 22.8 Å². The van der Waals surface area contributed by atoms with Gasteiger partial charge in [-0.25, -0.2) is 0 Å². The van der Waals surface area contributed by atoms with Crippen molar-refractivity contribution in [3.8, 4) is 17.2 Å². The molecule has 7 heteroatoms. The minimum Gasteiger partial charge on any atom is -0.497 e. The van der Waals surface area contributed by atoms with Crippen LogP contribution in [0.15, 0.2) is 42.5 Å². The third-order valence-corrected chi connectivity index (χ3v) is 4.55. The van der Waals surface area contributed by atoms with Crippen LogP contribution in [0.2, 0.25) is 0 Å². The molecule has 2 amide bonds. The smallest absolute Gasteiger partial charge is 0.251 e. The first kappa shape index (κ1) is 19.5. The van der Waals surface area contributed by atoms with E-state index in [1.54, 1.807) is 30.2 Å². The van der Waals surface area contributed by atoms with Crippen molar-refractivity contribution in [2.24, 2.45) is 0 Å². The second-order valence-corrected chi connectivity index (χ2v) is 6.43. The molecule has 1 aliphatic rings. The summed E-state index contributed by atoms with van der Waals surface area (Å²) in [5, 5.41) is 2.84. The van der Waals surface area contributed by atoms with E-state index in [-0.39, 0.29) is 18.6 Å². The average Bonchev–Trinajstić information content (AvgIpc) is 3.18. The van der Waals surface area contributed by atoms with E-state index in [4.69, 9.17) is 14.2 Å². The minimum atomic E-state index is -0.213. The molecule has 0 fully saturated rings. The van der Waals surface area contributed by atoms with Crippen LogP contribution in [0.5, 0.6) is 17.2 Å². The maximum atomic E-state index is 12.3. The van der Waals surface area contributed by atoms with Crippen molar-refractivity contribution in [1.82, 2.24) is 10.2 Å². The van der Waals surface area contributed by atoms with Crippen LogP contribution in [0.4, 0.5) is 0 Å². The molecule has 0 saturated heterocycles. The van der Waals surface area contributed by atoms with Gasteiger partial charge in [-0.1, -0.05) is 12.1 Å². The maximum Gasteiger partial charge on any atom is 0.251 e. The highest BCUT2D eigenvalue weighted by Gasteiger charge is 2.16. The Kier molecular flexibility index (Phi) is 6.37. The van der Waals surface area contributed by atoms with Gasteiger partial charge in [0, 0.05) is 32.1 Å². The Morgan fingerprint density at radius 1 is 1.11 bits per heavy atom. The molecule has 1 aliphatic heterocycles. The first-order valence-corrected chi connectivity index (χ1v) is 9.13. The molecule has 1 heterocycles. The highest BCUT2D eigenvalue weighted by atomic mass is 16.7. The van der Waals surface area contributed by atoms with Crippen molar-refractivity contribution < 1.29 is 23.8 Å². The second kappa shape index (κ2) is 9.12. The van der Waals surface area contributed by atoms with E-state index in [2.05, 4.69) is 5.32 Å². The topological polar surface area (TPSA) is 77.1 Å². The van der Waals surface area contributed by atoms with Gasteiger partial charge in [-0.15, -0.1) is 0 Å². The quantitative estimate of drug-likeness (QED) is 0.755. The number of amides is 2. The molecule has 0 spiro atoms. The van der Waals surface area contributed by atoms with E-state index >= 15 is 0 Å². The molecule has 0 saturated carbocycles. The highest BCUT2D eigenvalue weighted by Crippen LogP contribution is 2.32. The zero-order chi connectivity index (χ0) is 19.9. The summed E-state index contributed by atoms with van der Waals surface area (Å²) >= 11 is 0. The van der Waals surface area contributed by atoms with Gasteiger partial charge in [0.2, 0.25) is 12.7 Å². The number of nitrogens with zero attached hydrogens (tertiary/aromatic N) is 1. The van der Waals surface area contributed by atoms with Crippen molar-refractivity contribution in [3.63, 3.8) is 0 Å². The molecule has 7 nitrogen and oxygen atoms in total. The van der Waals surface area contributed by atoms with Crippen molar-refractivity contribution in [2.45, 2.75) is 13.3 Å². The van der Waals surface area contributed by atoms with Crippen molar-refractivity contribution in [3.05, 3.63) is 53.6 Å². The number of fused-ring (bicyclic) bond motifs is 1. The van der Waals surface area contributed by atoms with Crippen LogP contribution in [0.25, 0.3) is 0 Å². The Balaban J connectivity index is 1.49. The SMILES string of the molecule is COc1cccc(CCN(CCNC(=O)c2ccc3c(c2)OCO3)C(C)=O)c1. The first-order chi connectivity index (χ1) is 13.6. The summed E-state index contributed by atoms with van der Waals surface area (Å²) in [6.07, 6.45) is 0.715. The van der Waals surface area contributed by atoms with E-state index in [1.807, 2.05) is 24.3 Å². The Morgan fingerprint density at radius 3 is 2.71 bits per heavy atom. The van der Waals surface area contributed by atoms with Gasteiger partial charge in [0.1, 0.15) is 5.75 Å². The molecule has 28 heavy (non-hydrogen) atoms. The fourth-order valence-corrected chi connectivity index (χ4v) is 2.96. The Labute approximate surface area is 164 Å².